The van der Waals surface area contributed by atoms with E-state index >= 15 is 0 Å². The highest BCUT2D eigenvalue weighted by atomic mass is 15.0. The van der Waals surface area contributed by atoms with Crippen LogP contribution in [0.4, 0.5) is 5.95 Å². The molecule has 0 radical (unpaired) electrons. The summed E-state index contributed by atoms with van der Waals surface area (Å²) in [5.41, 5.74) is 7.52. The average molecular weight is 145 g/mol. The van der Waals surface area contributed by atoms with Crippen molar-refractivity contribution in [2.45, 2.75) is 0 Å². The maximum Gasteiger partial charge on any atom is 0.219 e. The fourth-order valence-electron chi connectivity index (χ4n) is 0.988. The van der Waals surface area contributed by atoms with Gasteiger partial charge in [0.1, 0.15) is 0 Å². The van der Waals surface area contributed by atoms with Gasteiger partial charge in [-0.1, -0.05) is 18.2 Å². The standard InChI is InChI=1S/C8H7N3/c9-8-10-4-6-2-1-3-7(6)5-11-8/h1-5H,(H2,9,10,11). The van der Waals surface area contributed by atoms with Crippen molar-refractivity contribution in [3.8, 4) is 11.1 Å². The molecule has 54 valence electrons. The lowest BCUT2D eigenvalue weighted by molar-refractivity contribution is 1.24. The number of fused-ring (bicyclic) bond motifs is 1. The minimum atomic E-state index is 0.307. The van der Waals surface area contributed by atoms with Crippen molar-refractivity contribution < 1.29 is 0 Å². The third-order valence-corrected chi connectivity index (χ3v) is 1.56. The fourth-order valence-corrected chi connectivity index (χ4v) is 0.988. The highest BCUT2D eigenvalue weighted by Crippen LogP contribution is 2.18. The molecule has 0 amide bonds. The van der Waals surface area contributed by atoms with Crippen molar-refractivity contribution in [1.29, 1.82) is 0 Å². The molecule has 2 N–H and O–H groups in total. The van der Waals surface area contributed by atoms with Gasteiger partial charge < -0.3 is 5.73 Å². The van der Waals surface area contributed by atoms with E-state index in [0.717, 1.165) is 11.1 Å². The summed E-state index contributed by atoms with van der Waals surface area (Å²) in [5, 5.41) is 0. The minimum Gasteiger partial charge on any atom is -0.368 e. The van der Waals surface area contributed by atoms with Gasteiger partial charge in [-0.2, -0.15) is 0 Å². The molecule has 1 aliphatic heterocycles. The van der Waals surface area contributed by atoms with Crippen LogP contribution in [0.25, 0.3) is 11.1 Å². The molecule has 2 rings (SSSR count). The summed E-state index contributed by atoms with van der Waals surface area (Å²) < 4.78 is 0. The van der Waals surface area contributed by atoms with Gasteiger partial charge in [0.05, 0.1) is 0 Å². The highest BCUT2D eigenvalue weighted by molar-refractivity contribution is 5.64. The number of nitrogens with zero attached hydrogens (tertiary/aromatic N) is 2. The summed E-state index contributed by atoms with van der Waals surface area (Å²) in [5.74, 6) is 0.307. The average Bonchev–Trinajstić information content (AvgIpc) is 2.38. The van der Waals surface area contributed by atoms with Gasteiger partial charge in [-0.3, -0.25) is 0 Å². The first-order valence-electron chi connectivity index (χ1n) is 3.32. The van der Waals surface area contributed by atoms with Crippen LogP contribution >= 0.6 is 0 Å². The Bertz CT molecular complexity index is 315. The van der Waals surface area contributed by atoms with Crippen molar-refractivity contribution in [1.82, 2.24) is 9.97 Å². The SMILES string of the molecule is Nc1ncc2cccc-2cn1. The van der Waals surface area contributed by atoms with Gasteiger partial charge in [-0.25, -0.2) is 9.97 Å². The number of rotatable bonds is 0. The summed E-state index contributed by atoms with van der Waals surface area (Å²) in [6.07, 6.45) is 3.44. The molecule has 0 saturated heterocycles. The van der Waals surface area contributed by atoms with Gasteiger partial charge >= 0.3 is 0 Å². The Labute approximate surface area is 64.2 Å². The largest absolute Gasteiger partial charge is 0.368 e. The molecule has 0 bridgehead atoms. The molecule has 11 heavy (non-hydrogen) atoms. The monoisotopic (exact) mass is 145 g/mol. The zero-order chi connectivity index (χ0) is 7.68. The van der Waals surface area contributed by atoms with Crippen molar-refractivity contribution >= 4 is 5.95 Å². The number of hydrogen-bond donors (Lipinski definition) is 1. The van der Waals surface area contributed by atoms with E-state index in [9.17, 15) is 0 Å². The Balaban J connectivity index is 2.71. The number of hydrogen-bond acceptors (Lipinski definition) is 3. The lowest BCUT2D eigenvalue weighted by Crippen LogP contribution is -1.87. The van der Waals surface area contributed by atoms with Crippen LogP contribution in [0.1, 0.15) is 0 Å². The third kappa shape index (κ3) is 1.00. The zero-order valence-electron chi connectivity index (χ0n) is 5.86. The molecular weight excluding hydrogens is 138 g/mol. The molecule has 0 spiro atoms. The van der Waals surface area contributed by atoms with Crippen molar-refractivity contribution in [2.75, 3.05) is 5.73 Å². The Kier molecular flexibility index (Phi) is 1.22. The van der Waals surface area contributed by atoms with Crippen LogP contribution < -0.4 is 5.73 Å². The molecule has 3 heteroatoms. The van der Waals surface area contributed by atoms with Gasteiger partial charge in [0, 0.05) is 23.5 Å². The molecule has 2 aliphatic rings. The molecule has 1 aliphatic carbocycles. The maximum absolute atomic E-state index is 5.39. The maximum atomic E-state index is 5.39. The van der Waals surface area contributed by atoms with Crippen LogP contribution in [0.2, 0.25) is 0 Å². The quantitative estimate of drug-likeness (QED) is 0.605. The smallest absolute Gasteiger partial charge is 0.219 e. The Morgan fingerprint density at radius 1 is 1.00 bits per heavy atom. The Hall–Kier alpha value is -1.64. The zero-order valence-corrected chi connectivity index (χ0v) is 5.86. The molecule has 0 aromatic heterocycles. The first-order valence-corrected chi connectivity index (χ1v) is 3.32. The first-order chi connectivity index (χ1) is 5.36. The van der Waals surface area contributed by atoms with Crippen molar-refractivity contribution in [3.63, 3.8) is 0 Å². The molecule has 0 aromatic carbocycles. The molecular formula is C8H7N3. The van der Waals surface area contributed by atoms with Crippen LogP contribution in [0.5, 0.6) is 0 Å². The Morgan fingerprint density at radius 3 is 2.09 bits per heavy atom. The molecule has 0 aromatic rings. The summed E-state index contributed by atoms with van der Waals surface area (Å²) >= 11 is 0. The topological polar surface area (TPSA) is 51.8 Å². The lowest BCUT2D eigenvalue weighted by Gasteiger charge is -1.83. The van der Waals surface area contributed by atoms with E-state index in [1.54, 1.807) is 12.4 Å². The first kappa shape index (κ1) is 6.09. The Morgan fingerprint density at radius 2 is 1.55 bits per heavy atom. The lowest BCUT2D eigenvalue weighted by atomic mass is 10.2. The molecule has 0 atom stereocenters. The van der Waals surface area contributed by atoms with E-state index in [2.05, 4.69) is 9.97 Å². The predicted octanol–water partition coefficient (Wildman–Crippen LogP) is 1.16. The molecule has 0 fully saturated rings. The summed E-state index contributed by atoms with van der Waals surface area (Å²) in [6.45, 7) is 0. The molecule has 0 saturated carbocycles. The van der Waals surface area contributed by atoms with Crippen molar-refractivity contribution in [3.05, 3.63) is 30.6 Å². The fraction of sp³-hybridized carbons (Fsp3) is 0. The third-order valence-electron chi connectivity index (χ3n) is 1.56. The summed E-state index contributed by atoms with van der Waals surface area (Å²) in [4.78, 5) is 7.82. The number of nitrogens with two attached hydrogens (primary N) is 1. The number of aromatic nitrogens is 2. The van der Waals surface area contributed by atoms with E-state index in [1.807, 2.05) is 18.2 Å². The van der Waals surface area contributed by atoms with E-state index in [0.29, 0.717) is 5.95 Å². The van der Waals surface area contributed by atoms with E-state index in [1.165, 1.54) is 0 Å². The van der Waals surface area contributed by atoms with Gasteiger partial charge in [0.15, 0.2) is 0 Å². The van der Waals surface area contributed by atoms with Crippen LogP contribution in [-0.2, 0) is 0 Å². The van der Waals surface area contributed by atoms with Crippen LogP contribution in [0, 0.1) is 0 Å². The van der Waals surface area contributed by atoms with E-state index in [-0.39, 0.29) is 0 Å². The number of anilines is 1. The normalized spacial score (nSPS) is 10.2. The minimum absolute atomic E-state index is 0.307. The molecule has 0 unspecified atom stereocenters. The van der Waals surface area contributed by atoms with Gasteiger partial charge in [0.2, 0.25) is 5.95 Å². The van der Waals surface area contributed by atoms with Crippen LogP contribution in [-0.4, -0.2) is 9.97 Å². The van der Waals surface area contributed by atoms with Crippen molar-refractivity contribution in [2.24, 2.45) is 0 Å². The van der Waals surface area contributed by atoms with Crippen LogP contribution in [0.3, 0.4) is 0 Å². The predicted molar refractivity (Wildman–Crippen MR) is 43.1 cm³/mol. The summed E-state index contributed by atoms with van der Waals surface area (Å²) in [6, 6.07) is 5.91. The summed E-state index contributed by atoms with van der Waals surface area (Å²) in [7, 11) is 0. The van der Waals surface area contributed by atoms with Gasteiger partial charge in [-0.15, -0.1) is 0 Å². The molecule has 1 heterocycles. The highest BCUT2D eigenvalue weighted by Gasteiger charge is 1.98. The van der Waals surface area contributed by atoms with E-state index in [4.69, 9.17) is 5.73 Å². The van der Waals surface area contributed by atoms with Crippen LogP contribution in [0.15, 0.2) is 30.6 Å². The van der Waals surface area contributed by atoms with Gasteiger partial charge in [-0.05, 0) is 0 Å². The molecule has 3 nitrogen and oxygen atoms in total. The second-order valence-electron chi connectivity index (χ2n) is 2.31. The van der Waals surface area contributed by atoms with Gasteiger partial charge in [0.25, 0.3) is 0 Å². The van der Waals surface area contributed by atoms with E-state index < -0.39 is 0 Å². The number of nitrogen functional groups attached to an aromatic ring is 1. The second kappa shape index (κ2) is 2.20. The second-order valence-corrected chi connectivity index (χ2v) is 2.31.